The minimum absolute atomic E-state index is 0.0514. The number of halogens is 1. The number of rotatable bonds is 3. The van der Waals surface area contributed by atoms with Crippen LogP contribution in [0, 0.1) is 27.7 Å². The summed E-state index contributed by atoms with van der Waals surface area (Å²) < 4.78 is 0. The van der Waals surface area contributed by atoms with Gasteiger partial charge in [0, 0.05) is 5.88 Å². The summed E-state index contributed by atoms with van der Waals surface area (Å²) in [7, 11) is 0. The molecular weight excluding hydrogens is 224 g/mol. The van der Waals surface area contributed by atoms with Crippen LogP contribution in [0.3, 0.4) is 0 Å². The second-order valence-corrected chi connectivity index (χ2v) is 4.43. The monoisotopic (exact) mass is 240 g/mol. The van der Waals surface area contributed by atoms with Crippen LogP contribution in [-0.4, -0.2) is 11.1 Å². The van der Waals surface area contributed by atoms with E-state index in [2.05, 4.69) is 6.92 Å². The Morgan fingerprint density at radius 1 is 1.00 bits per heavy atom. The molecule has 0 aliphatic heterocycles. The van der Waals surface area contributed by atoms with Gasteiger partial charge in [-0.3, -0.25) is 4.79 Å². The number of benzene rings is 1. The molecule has 2 nitrogen and oxygen atoms in total. The Labute approximate surface area is 101 Å². The lowest BCUT2D eigenvalue weighted by molar-refractivity contribution is -0.136. The first-order chi connectivity index (χ1) is 7.40. The van der Waals surface area contributed by atoms with Gasteiger partial charge in [0.15, 0.2) is 0 Å². The number of aliphatic carboxylic acids is 1. The third-order valence-corrected chi connectivity index (χ3v) is 3.69. The van der Waals surface area contributed by atoms with Crippen LogP contribution in [0.2, 0.25) is 0 Å². The molecule has 0 aromatic heterocycles. The molecule has 0 saturated heterocycles. The Morgan fingerprint density at radius 3 is 1.81 bits per heavy atom. The number of carboxylic acid groups (broad SMARTS) is 1. The van der Waals surface area contributed by atoms with E-state index in [1.165, 1.54) is 11.1 Å². The van der Waals surface area contributed by atoms with Gasteiger partial charge in [-0.2, -0.15) is 0 Å². The number of hydrogen-bond acceptors (Lipinski definition) is 1. The van der Waals surface area contributed by atoms with Crippen molar-refractivity contribution >= 4 is 17.6 Å². The summed E-state index contributed by atoms with van der Waals surface area (Å²) in [6.07, 6.45) is 0.0514. The van der Waals surface area contributed by atoms with Gasteiger partial charge in [-0.25, -0.2) is 0 Å². The number of carbonyl (C=O) groups is 1. The fourth-order valence-electron chi connectivity index (χ4n) is 2.04. The first kappa shape index (κ1) is 13.0. The maximum absolute atomic E-state index is 10.9. The average molecular weight is 241 g/mol. The summed E-state index contributed by atoms with van der Waals surface area (Å²) in [6, 6.07) is 0. The molecule has 0 aliphatic rings. The molecule has 1 rings (SSSR count). The summed E-state index contributed by atoms with van der Waals surface area (Å²) >= 11 is 5.92. The first-order valence-electron chi connectivity index (χ1n) is 5.26. The number of carboxylic acids is 1. The molecule has 3 heteroatoms. The van der Waals surface area contributed by atoms with Crippen LogP contribution >= 0.6 is 11.6 Å². The number of hydrogen-bond donors (Lipinski definition) is 1. The van der Waals surface area contributed by atoms with Crippen molar-refractivity contribution in [1.82, 2.24) is 0 Å². The van der Waals surface area contributed by atoms with E-state index in [-0.39, 0.29) is 6.42 Å². The van der Waals surface area contributed by atoms with Crippen LogP contribution in [0.4, 0.5) is 0 Å². The van der Waals surface area contributed by atoms with Crippen LogP contribution in [0.25, 0.3) is 0 Å². The Kier molecular flexibility index (Phi) is 3.98. The van der Waals surface area contributed by atoms with Crippen molar-refractivity contribution in [2.75, 3.05) is 0 Å². The molecule has 0 aliphatic carbocycles. The van der Waals surface area contributed by atoms with Gasteiger partial charge >= 0.3 is 5.97 Å². The SMILES string of the molecule is Cc1c(C)c(C)c(CC(=O)O)c(CCl)c1C. The molecule has 1 N–H and O–H groups in total. The summed E-state index contributed by atoms with van der Waals surface area (Å²) in [4.78, 5) is 10.9. The van der Waals surface area contributed by atoms with Crippen LogP contribution in [0.15, 0.2) is 0 Å². The Hall–Kier alpha value is -1.02. The highest BCUT2D eigenvalue weighted by Crippen LogP contribution is 2.28. The van der Waals surface area contributed by atoms with E-state index in [0.717, 1.165) is 22.3 Å². The molecular formula is C13H17ClO2. The van der Waals surface area contributed by atoms with Gasteiger partial charge in [0.05, 0.1) is 6.42 Å². The summed E-state index contributed by atoms with van der Waals surface area (Å²) in [6.45, 7) is 8.06. The molecule has 88 valence electrons. The number of alkyl halides is 1. The molecule has 0 heterocycles. The Balaban J connectivity index is 3.50. The van der Waals surface area contributed by atoms with E-state index < -0.39 is 5.97 Å². The van der Waals surface area contributed by atoms with Crippen LogP contribution in [-0.2, 0) is 17.1 Å². The van der Waals surface area contributed by atoms with E-state index in [1.807, 2.05) is 20.8 Å². The van der Waals surface area contributed by atoms with Gasteiger partial charge in [-0.1, -0.05) is 0 Å². The normalized spacial score (nSPS) is 10.6. The molecule has 0 amide bonds. The van der Waals surface area contributed by atoms with Gasteiger partial charge in [0.1, 0.15) is 0 Å². The zero-order valence-corrected chi connectivity index (χ0v) is 10.9. The average Bonchev–Trinajstić information content (AvgIpc) is 2.23. The van der Waals surface area contributed by atoms with Crippen LogP contribution in [0.5, 0.6) is 0 Å². The molecule has 0 unspecified atom stereocenters. The predicted octanol–water partition coefficient (Wildman–Crippen LogP) is 3.29. The fraction of sp³-hybridized carbons (Fsp3) is 0.462. The quantitative estimate of drug-likeness (QED) is 0.824. The zero-order chi connectivity index (χ0) is 12.5. The molecule has 16 heavy (non-hydrogen) atoms. The van der Waals surface area contributed by atoms with Crippen molar-refractivity contribution in [1.29, 1.82) is 0 Å². The van der Waals surface area contributed by atoms with Crippen molar-refractivity contribution in [2.45, 2.75) is 40.0 Å². The minimum atomic E-state index is -0.808. The van der Waals surface area contributed by atoms with Crippen molar-refractivity contribution in [3.05, 3.63) is 33.4 Å². The molecule has 0 radical (unpaired) electrons. The van der Waals surface area contributed by atoms with Crippen molar-refractivity contribution in [2.24, 2.45) is 0 Å². The van der Waals surface area contributed by atoms with Gasteiger partial charge in [0.2, 0.25) is 0 Å². The van der Waals surface area contributed by atoms with Crippen molar-refractivity contribution in [3.8, 4) is 0 Å². The maximum atomic E-state index is 10.9. The maximum Gasteiger partial charge on any atom is 0.307 e. The molecule has 0 fully saturated rings. The first-order valence-corrected chi connectivity index (χ1v) is 5.79. The lowest BCUT2D eigenvalue weighted by atomic mass is 9.88. The third-order valence-electron chi connectivity index (χ3n) is 3.42. The summed E-state index contributed by atoms with van der Waals surface area (Å²) in [5, 5.41) is 8.92. The van der Waals surface area contributed by atoms with E-state index in [1.54, 1.807) is 0 Å². The highest BCUT2D eigenvalue weighted by molar-refractivity contribution is 6.17. The van der Waals surface area contributed by atoms with Crippen LogP contribution in [0.1, 0.15) is 33.4 Å². The predicted molar refractivity (Wildman–Crippen MR) is 66.3 cm³/mol. The molecule has 1 aromatic carbocycles. The van der Waals surface area contributed by atoms with Gasteiger partial charge in [0.25, 0.3) is 0 Å². The van der Waals surface area contributed by atoms with Crippen molar-refractivity contribution in [3.63, 3.8) is 0 Å². The lowest BCUT2D eigenvalue weighted by Crippen LogP contribution is -2.09. The topological polar surface area (TPSA) is 37.3 Å². The van der Waals surface area contributed by atoms with Gasteiger partial charge < -0.3 is 5.11 Å². The molecule has 0 atom stereocenters. The highest BCUT2D eigenvalue weighted by Gasteiger charge is 2.16. The second-order valence-electron chi connectivity index (χ2n) is 4.16. The Morgan fingerprint density at radius 2 is 1.44 bits per heavy atom. The second kappa shape index (κ2) is 4.88. The smallest absolute Gasteiger partial charge is 0.307 e. The van der Waals surface area contributed by atoms with E-state index in [9.17, 15) is 4.79 Å². The molecule has 0 saturated carbocycles. The largest absolute Gasteiger partial charge is 0.481 e. The molecule has 0 spiro atoms. The summed E-state index contributed by atoms with van der Waals surface area (Å²) in [5.74, 6) is -0.437. The van der Waals surface area contributed by atoms with Gasteiger partial charge in [-0.05, 0) is 61.1 Å². The summed E-state index contributed by atoms with van der Waals surface area (Å²) in [5.41, 5.74) is 6.41. The lowest BCUT2D eigenvalue weighted by Gasteiger charge is -2.18. The molecule has 0 bridgehead atoms. The van der Waals surface area contributed by atoms with E-state index in [4.69, 9.17) is 16.7 Å². The standard InChI is InChI=1S/C13H17ClO2/c1-7-8(2)10(4)12(6-14)11(9(7)3)5-13(15)16/h5-6H2,1-4H3,(H,15,16). The third kappa shape index (κ3) is 2.22. The fourth-order valence-corrected chi connectivity index (χ4v) is 2.40. The van der Waals surface area contributed by atoms with Gasteiger partial charge in [-0.15, -0.1) is 11.6 Å². The highest BCUT2D eigenvalue weighted by atomic mass is 35.5. The van der Waals surface area contributed by atoms with E-state index in [0.29, 0.717) is 5.88 Å². The Bertz CT molecular complexity index is 436. The zero-order valence-electron chi connectivity index (χ0n) is 10.1. The van der Waals surface area contributed by atoms with Crippen LogP contribution < -0.4 is 0 Å². The minimum Gasteiger partial charge on any atom is -0.481 e. The molecule has 1 aromatic rings. The van der Waals surface area contributed by atoms with Crippen molar-refractivity contribution < 1.29 is 9.90 Å². The van der Waals surface area contributed by atoms with E-state index >= 15 is 0 Å².